The van der Waals surface area contributed by atoms with Gasteiger partial charge in [0.2, 0.25) is 0 Å². The van der Waals surface area contributed by atoms with Gasteiger partial charge in [0.15, 0.2) is 11.3 Å². The molecule has 1 saturated carbocycles. The summed E-state index contributed by atoms with van der Waals surface area (Å²) in [5, 5.41) is 18.4. The van der Waals surface area contributed by atoms with Crippen molar-refractivity contribution in [3.05, 3.63) is 41.6 Å². The molecule has 3 aromatic rings. The zero-order chi connectivity index (χ0) is 23.1. The molecule has 2 N–H and O–H groups in total. The molecule has 0 radical (unpaired) electrons. The first kappa shape index (κ1) is 21.6. The predicted molar refractivity (Wildman–Crippen MR) is 134 cm³/mol. The monoisotopic (exact) mass is 459 g/mol. The van der Waals surface area contributed by atoms with Crippen molar-refractivity contribution in [2.24, 2.45) is 0 Å². The first-order valence-electron chi connectivity index (χ1n) is 12.9. The van der Waals surface area contributed by atoms with Crippen LogP contribution in [-0.2, 0) is 0 Å². The van der Waals surface area contributed by atoms with E-state index in [0.29, 0.717) is 17.6 Å². The molecule has 0 amide bonds. The number of hydrogen-bond acceptors (Lipinski definition) is 5. The number of carboxylic acid groups (broad SMARTS) is 1. The minimum Gasteiger partial charge on any atom is -0.477 e. The number of hydrogen-bond donors (Lipinski definition) is 2. The molecular weight excluding hydrogens is 426 g/mol. The lowest BCUT2D eigenvalue weighted by molar-refractivity contribution is 0.0691. The van der Waals surface area contributed by atoms with Crippen LogP contribution < -0.4 is 4.90 Å². The zero-order valence-corrected chi connectivity index (χ0v) is 19.7. The molecule has 7 nitrogen and oxygen atoms in total. The van der Waals surface area contributed by atoms with Crippen molar-refractivity contribution in [1.82, 2.24) is 20.1 Å². The Kier molecular flexibility index (Phi) is 5.73. The molecule has 34 heavy (non-hydrogen) atoms. The summed E-state index contributed by atoms with van der Waals surface area (Å²) in [5.41, 5.74) is 5.00. The van der Waals surface area contributed by atoms with E-state index in [1.165, 1.54) is 62.7 Å². The normalized spacial score (nSPS) is 20.5. The molecule has 3 aliphatic rings. The van der Waals surface area contributed by atoms with Gasteiger partial charge in [-0.25, -0.2) is 9.78 Å². The SMILES string of the molecule is O=C(O)c1cc(N2CCC(N3CCCCC3)CC2)c2c(-c3ccccc3C3CCC3)[nH]nc2n1. The first-order valence-corrected chi connectivity index (χ1v) is 12.9. The van der Waals surface area contributed by atoms with Gasteiger partial charge in [-0.3, -0.25) is 5.10 Å². The number of pyridine rings is 1. The van der Waals surface area contributed by atoms with Crippen molar-refractivity contribution < 1.29 is 9.90 Å². The Morgan fingerprint density at radius 3 is 2.44 bits per heavy atom. The highest BCUT2D eigenvalue weighted by atomic mass is 16.4. The molecular formula is C27H33N5O2. The topological polar surface area (TPSA) is 85.4 Å². The summed E-state index contributed by atoms with van der Waals surface area (Å²) >= 11 is 0. The standard InChI is InChI=1S/C27H33N5O2/c33-27(34)22-17-23(32-15-11-19(12-16-32)31-13-4-1-5-14-31)24-25(29-30-26(24)28-22)21-10-3-2-9-20(21)18-7-6-8-18/h2-3,9-10,17-19H,1,4-8,11-16H2,(H,33,34)(H,28,29,30). The van der Waals surface area contributed by atoms with E-state index in [1.54, 1.807) is 6.07 Å². The molecule has 0 spiro atoms. The highest BCUT2D eigenvalue weighted by molar-refractivity contribution is 6.03. The Morgan fingerprint density at radius 2 is 1.74 bits per heavy atom. The average molecular weight is 460 g/mol. The van der Waals surface area contributed by atoms with Crippen molar-refractivity contribution in [3.8, 4) is 11.3 Å². The minimum absolute atomic E-state index is 0.0611. The van der Waals surface area contributed by atoms with E-state index in [2.05, 4.69) is 49.2 Å². The quantitative estimate of drug-likeness (QED) is 0.556. The minimum atomic E-state index is -1.01. The maximum Gasteiger partial charge on any atom is 0.354 e. The molecule has 6 rings (SSSR count). The summed E-state index contributed by atoms with van der Waals surface area (Å²) in [6, 6.07) is 11.0. The van der Waals surface area contributed by atoms with Crippen molar-refractivity contribution in [1.29, 1.82) is 0 Å². The number of aromatic nitrogens is 3. The van der Waals surface area contributed by atoms with Gasteiger partial charge in [0.1, 0.15) is 0 Å². The lowest BCUT2D eigenvalue weighted by Crippen LogP contribution is -2.46. The Labute approximate surface area is 200 Å². The molecule has 3 fully saturated rings. The number of rotatable bonds is 5. The van der Waals surface area contributed by atoms with Gasteiger partial charge in [0.25, 0.3) is 0 Å². The molecule has 178 valence electrons. The van der Waals surface area contributed by atoms with E-state index < -0.39 is 5.97 Å². The molecule has 2 saturated heterocycles. The second kappa shape index (κ2) is 9.02. The lowest BCUT2D eigenvalue weighted by Gasteiger charge is -2.41. The number of fused-ring (bicyclic) bond motifs is 1. The van der Waals surface area contributed by atoms with Crippen LogP contribution in [0.1, 0.15) is 73.3 Å². The van der Waals surface area contributed by atoms with Crippen LogP contribution in [0, 0.1) is 0 Å². The second-order valence-electron chi connectivity index (χ2n) is 10.2. The molecule has 2 aromatic heterocycles. The number of nitrogens with one attached hydrogen (secondary N) is 1. The van der Waals surface area contributed by atoms with E-state index in [9.17, 15) is 9.90 Å². The Morgan fingerprint density at radius 1 is 0.971 bits per heavy atom. The molecule has 1 aliphatic carbocycles. The number of H-pyrrole nitrogens is 1. The predicted octanol–water partition coefficient (Wildman–Crippen LogP) is 5.05. The van der Waals surface area contributed by atoms with Crippen molar-refractivity contribution in [3.63, 3.8) is 0 Å². The van der Waals surface area contributed by atoms with Gasteiger partial charge in [-0.1, -0.05) is 37.1 Å². The number of anilines is 1. The number of piperidine rings is 2. The largest absolute Gasteiger partial charge is 0.477 e. The van der Waals surface area contributed by atoms with Crippen LogP contribution in [0.3, 0.4) is 0 Å². The summed E-state index contributed by atoms with van der Waals surface area (Å²) < 4.78 is 0. The highest BCUT2D eigenvalue weighted by Gasteiger charge is 2.30. The number of aromatic carboxylic acids is 1. The average Bonchev–Trinajstić information content (AvgIpc) is 3.27. The summed E-state index contributed by atoms with van der Waals surface area (Å²) in [5.74, 6) is -0.421. The van der Waals surface area contributed by atoms with E-state index >= 15 is 0 Å². The number of carbonyl (C=O) groups is 1. The van der Waals surface area contributed by atoms with Gasteiger partial charge in [-0.2, -0.15) is 5.10 Å². The molecule has 7 heteroatoms. The molecule has 0 unspecified atom stereocenters. The van der Waals surface area contributed by atoms with Crippen LogP contribution in [0.2, 0.25) is 0 Å². The van der Waals surface area contributed by atoms with Crippen LogP contribution in [0.4, 0.5) is 5.69 Å². The number of likely N-dealkylation sites (tertiary alicyclic amines) is 1. The molecule has 1 aromatic carbocycles. The number of benzene rings is 1. The van der Waals surface area contributed by atoms with E-state index in [0.717, 1.165) is 42.7 Å². The Balaban J connectivity index is 1.38. The Bertz CT molecular complexity index is 1190. The fourth-order valence-electron chi connectivity index (χ4n) is 6.11. The van der Waals surface area contributed by atoms with E-state index in [4.69, 9.17) is 0 Å². The van der Waals surface area contributed by atoms with Gasteiger partial charge < -0.3 is 14.9 Å². The van der Waals surface area contributed by atoms with Crippen molar-refractivity contribution in [2.45, 2.75) is 63.3 Å². The fourth-order valence-corrected chi connectivity index (χ4v) is 6.11. The Hall–Kier alpha value is -2.93. The smallest absolute Gasteiger partial charge is 0.354 e. The second-order valence-corrected chi connectivity index (χ2v) is 10.2. The highest BCUT2D eigenvalue weighted by Crippen LogP contribution is 2.43. The van der Waals surface area contributed by atoms with Crippen LogP contribution >= 0.6 is 0 Å². The van der Waals surface area contributed by atoms with Crippen LogP contribution in [0.25, 0.3) is 22.3 Å². The first-order chi connectivity index (χ1) is 16.7. The maximum atomic E-state index is 11.9. The molecule has 0 bridgehead atoms. The van der Waals surface area contributed by atoms with Gasteiger partial charge >= 0.3 is 5.97 Å². The number of carboxylic acids is 1. The summed E-state index contributed by atoms with van der Waals surface area (Å²) in [6.07, 6.45) is 9.92. The van der Waals surface area contributed by atoms with Gasteiger partial charge in [0.05, 0.1) is 16.8 Å². The molecule has 0 atom stereocenters. The summed E-state index contributed by atoms with van der Waals surface area (Å²) in [6.45, 7) is 4.29. The van der Waals surface area contributed by atoms with E-state index in [-0.39, 0.29) is 5.69 Å². The zero-order valence-electron chi connectivity index (χ0n) is 19.7. The van der Waals surface area contributed by atoms with Gasteiger partial charge in [-0.05, 0) is 69.2 Å². The third-order valence-corrected chi connectivity index (χ3v) is 8.21. The number of nitrogens with zero attached hydrogens (tertiary/aromatic N) is 4. The van der Waals surface area contributed by atoms with Gasteiger partial charge in [-0.15, -0.1) is 0 Å². The van der Waals surface area contributed by atoms with Crippen LogP contribution in [0.5, 0.6) is 0 Å². The number of aromatic amines is 1. The van der Waals surface area contributed by atoms with Gasteiger partial charge in [0, 0.05) is 24.7 Å². The van der Waals surface area contributed by atoms with E-state index in [1.807, 2.05) is 0 Å². The fraction of sp³-hybridized carbons (Fsp3) is 0.519. The summed E-state index contributed by atoms with van der Waals surface area (Å²) in [4.78, 5) is 21.3. The lowest BCUT2D eigenvalue weighted by atomic mass is 9.77. The van der Waals surface area contributed by atoms with Crippen molar-refractivity contribution in [2.75, 3.05) is 31.1 Å². The molecule has 4 heterocycles. The third kappa shape index (κ3) is 3.86. The van der Waals surface area contributed by atoms with Crippen molar-refractivity contribution >= 4 is 22.7 Å². The van der Waals surface area contributed by atoms with Crippen LogP contribution in [0.15, 0.2) is 30.3 Å². The van der Waals surface area contributed by atoms with Crippen LogP contribution in [-0.4, -0.2) is 63.4 Å². The maximum absolute atomic E-state index is 11.9. The third-order valence-electron chi connectivity index (χ3n) is 8.21. The molecule has 2 aliphatic heterocycles. The summed E-state index contributed by atoms with van der Waals surface area (Å²) in [7, 11) is 0.